The van der Waals surface area contributed by atoms with Gasteiger partial charge >= 0.3 is 0 Å². The molecule has 0 aliphatic heterocycles. The van der Waals surface area contributed by atoms with Crippen molar-refractivity contribution < 1.29 is 4.74 Å². The lowest BCUT2D eigenvalue weighted by Crippen LogP contribution is -2.09. The van der Waals surface area contributed by atoms with Crippen molar-refractivity contribution in [2.45, 2.75) is 19.4 Å². The third-order valence-corrected chi connectivity index (χ3v) is 3.12. The summed E-state index contributed by atoms with van der Waals surface area (Å²) >= 11 is 5.87. The molecule has 0 bridgehead atoms. The smallest absolute Gasteiger partial charge is 0.125 e. The van der Waals surface area contributed by atoms with E-state index < -0.39 is 0 Å². The topological polar surface area (TPSA) is 9.23 Å². The summed E-state index contributed by atoms with van der Waals surface area (Å²) < 4.78 is 6.09. The van der Waals surface area contributed by atoms with E-state index in [0.29, 0.717) is 5.88 Å². The molecule has 2 aromatic carbocycles. The van der Waals surface area contributed by atoms with Crippen LogP contribution in [-0.2, 0) is 0 Å². The Balaban J connectivity index is 2.19. The Morgan fingerprint density at radius 2 is 1.67 bits per heavy atom. The monoisotopic (exact) mass is 260 g/mol. The summed E-state index contributed by atoms with van der Waals surface area (Å²) in [6.45, 7) is 2.05. The van der Waals surface area contributed by atoms with Crippen LogP contribution < -0.4 is 4.74 Å². The highest BCUT2D eigenvalue weighted by Crippen LogP contribution is 2.27. The third kappa shape index (κ3) is 3.27. The summed E-state index contributed by atoms with van der Waals surface area (Å²) in [6, 6.07) is 18.3. The average Bonchev–Trinajstić information content (AvgIpc) is 2.42. The van der Waals surface area contributed by atoms with Gasteiger partial charge in [-0.1, -0.05) is 48.5 Å². The molecule has 1 atom stereocenters. The van der Waals surface area contributed by atoms with Gasteiger partial charge in [-0.25, -0.2) is 0 Å². The number of hydrogen-bond donors (Lipinski definition) is 0. The van der Waals surface area contributed by atoms with Gasteiger partial charge in [0.1, 0.15) is 11.9 Å². The Kier molecular flexibility index (Phi) is 4.66. The molecule has 0 aliphatic carbocycles. The van der Waals surface area contributed by atoms with Gasteiger partial charge < -0.3 is 4.74 Å². The minimum absolute atomic E-state index is 0.0183. The van der Waals surface area contributed by atoms with Gasteiger partial charge in [-0.05, 0) is 24.1 Å². The van der Waals surface area contributed by atoms with Crippen molar-refractivity contribution in [1.29, 1.82) is 0 Å². The molecule has 0 heterocycles. The fraction of sp³-hybridized carbons (Fsp3) is 0.250. The lowest BCUT2D eigenvalue weighted by molar-refractivity contribution is 0.201. The summed E-state index contributed by atoms with van der Waals surface area (Å²) in [4.78, 5) is 0. The van der Waals surface area contributed by atoms with Gasteiger partial charge in [-0.15, -0.1) is 11.6 Å². The number of halogens is 1. The quantitative estimate of drug-likeness (QED) is 0.706. The van der Waals surface area contributed by atoms with Crippen LogP contribution in [0.5, 0.6) is 5.75 Å². The largest absolute Gasteiger partial charge is 0.485 e. The summed E-state index contributed by atoms with van der Waals surface area (Å²) in [6.07, 6.45) is 0.824. The second-order valence-electron chi connectivity index (χ2n) is 4.26. The zero-order valence-corrected chi connectivity index (χ0v) is 11.2. The van der Waals surface area contributed by atoms with Gasteiger partial charge in [-0.3, -0.25) is 0 Å². The van der Waals surface area contributed by atoms with Gasteiger partial charge in [0, 0.05) is 12.3 Å². The number of para-hydroxylation sites is 1. The first-order chi connectivity index (χ1) is 8.81. The highest BCUT2D eigenvalue weighted by atomic mass is 35.5. The van der Waals surface area contributed by atoms with Crippen LogP contribution in [0, 0.1) is 6.92 Å². The SMILES string of the molecule is Cc1ccccc1O[C@@H](CCCl)c1ccccc1. The minimum Gasteiger partial charge on any atom is -0.485 e. The van der Waals surface area contributed by atoms with Crippen molar-refractivity contribution >= 4 is 11.6 Å². The van der Waals surface area contributed by atoms with Crippen molar-refractivity contribution in [3.05, 3.63) is 65.7 Å². The molecule has 0 fully saturated rings. The van der Waals surface area contributed by atoms with E-state index >= 15 is 0 Å². The molecule has 2 rings (SSSR count). The molecular weight excluding hydrogens is 244 g/mol. The third-order valence-electron chi connectivity index (χ3n) is 2.91. The molecule has 18 heavy (non-hydrogen) atoms. The van der Waals surface area contributed by atoms with Crippen molar-refractivity contribution in [2.24, 2.45) is 0 Å². The summed E-state index contributed by atoms with van der Waals surface area (Å²) in [5.74, 6) is 1.52. The van der Waals surface area contributed by atoms with Crippen LogP contribution in [0.1, 0.15) is 23.7 Å². The Hall–Kier alpha value is -1.47. The van der Waals surface area contributed by atoms with E-state index in [2.05, 4.69) is 25.1 Å². The second kappa shape index (κ2) is 6.46. The molecule has 0 spiro atoms. The van der Waals surface area contributed by atoms with Crippen molar-refractivity contribution in [3.8, 4) is 5.75 Å². The van der Waals surface area contributed by atoms with E-state index in [1.807, 2.05) is 36.4 Å². The second-order valence-corrected chi connectivity index (χ2v) is 4.64. The normalized spacial score (nSPS) is 12.1. The molecule has 0 radical (unpaired) electrons. The van der Waals surface area contributed by atoms with Crippen LogP contribution in [0.15, 0.2) is 54.6 Å². The Morgan fingerprint density at radius 1 is 1.00 bits per heavy atom. The van der Waals surface area contributed by atoms with E-state index in [9.17, 15) is 0 Å². The maximum absolute atomic E-state index is 6.09. The molecule has 0 aliphatic rings. The highest BCUT2D eigenvalue weighted by Gasteiger charge is 2.13. The Bertz CT molecular complexity index is 481. The zero-order valence-electron chi connectivity index (χ0n) is 10.5. The van der Waals surface area contributed by atoms with E-state index in [0.717, 1.165) is 17.7 Å². The first-order valence-electron chi connectivity index (χ1n) is 6.14. The zero-order chi connectivity index (χ0) is 12.8. The maximum Gasteiger partial charge on any atom is 0.125 e. The number of benzene rings is 2. The van der Waals surface area contributed by atoms with Crippen LogP contribution in [0.2, 0.25) is 0 Å². The summed E-state index contributed by atoms with van der Waals surface area (Å²) in [7, 11) is 0. The molecule has 1 nitrogen and oxygen atoms in total. The van der Waals surface area contributed by atoms with Gasteiger partial charge in [0.25, 0.3) is 0 Å². The number of ether oxygens (including phenoxy) is 1. The molecule has 0 amide bonds. The number of alkyl halides is 1. The molecule has 0 unspecified atom stereocenters. The molecule has 2 heteroatoms. The number of aryl methyl sites for hydroxylation is 1. The highest BCUT2D eigenvalue weighted by molar-refractivity contribution is 6.17. The molecule has 94 valence electrons. The minimum atomic E-state index is 0.0183. The first-order valence-corrected chi connectivity index (χ1v) is 6.68. The Labute approximate surface area is 113 Å². The predicted molar refractivity (Wildman–Crippen MR) is 76.3 cm³/mol. The maximum atomic E-state index is 6.09. The fourth-order valence-corrected chi connectivity index (χ4v) is 2.10. The van der Waals surface area contributed by atoms with Crippen LogP contribution in [0.3, 0.4) is 0 Å². The molecular formula is C16H17ClO. The molecule has 0 saturated carbocycles. The van der Waals surface area contributed by atoms with Crippen LogP contribution in [0.25, 0.3) is 0 Å². The predicted octanol–water partition coefficient (Wildman–Crippen LogP) is 4.74. The first kappa shape index (κ1) is 13.0. The lowest BCUT2D eigenvalue weighted by Gasteiger charge is -2.20. The van der Waals surface area contributed by atoms with E-state index in [4.69, 9.17) is 16.3 Å². The van der Waals surface area contributed by atoms with Crippen molar-refractivity contribution in [2.75, 3.05) is 5.88 Å². The van der Waals surface area contributed by atoms with E-state index in [1.165, 1.54) is 5.56 Å². The van der Waals surface area contributed by atoms with Crippen LogP contribution in [0.4, 0.5) is 0 Å². The number of rotatable bonds is 5. The van der Waals surface area contributed by atoms with E-state index in [-0.39, 0.29) is 6.10 Å². The van der Waals surface area contributed by atoms with Crippen LogP contribution in [-0.4, -0.2) is 5.88 Å². The molecule has 0 N–H and O–H groups in total. The summed E-state index contributed by atoms with van der Waals surface area (Å²) in [5, 5.41) is 0. The Morgan fingerprint density at radius 3 is 2.33 bits per heavy atom. The molecule has 2 aromatic rings. The van der Waals surface area contributed by atoms with E-state index in [1.54, 1.807) is 0 Å². The fourth-order valence-electron chi connectivity index (χ4n) is 1.90. The van der Waals surface area contributed by atoms with Gasteiger partial charge in [-0.2, -0.15) is 0 Å². The van der Waals surface area contributed by atoms with Crippen LogP contribution >= 0.6 is 11.6 Å². The van der Waals surface area contributed by atoms with Gasteiger partial charge in [0.05, 0.1) is 0 Å². The lowest BCUT2D eigenvalue weighted by atomic mass is 10.1. The summed E-state index contributed by atoms with van der Waals surface area (Å²) in [5.41, 5.74) is 2.31. The van der Waals surface area contributed by atoms with Crippen molar-refractivity contribution in [1.82, 2.24) is 0 Å². The van der Waals surface area contributed by atoms with Gasteiger partial charge in [0.2, 0.25) is 0 Å². The number of hydrogen-bond acceptors (Lipinski definition) is 1. The molecule has 0 saturated heterocycles. The van der Waals surface area contributed by atoms with Gasteiger partial charge in [0.15, 0.2) is 0 Å². The standard InChI is InChI=1S/C16H17ClO/c1-13-7-5-6-10-15(13)18-16(11-12-17)14-8-3-2-4-9-14/h2-10,16H,11-12H2,1H3/t16-/m0/s1. The molecule has 0 aromatic heterocycles. The van der Waals surface area contributed by atoms with Crippen molar-refractivity contribution in [3.63, 3.8) is 0 Å². The average molecular weight is 261 g/mol.